The van der Waals surface area contributed by atoms with Gasteiger partial charge in [-0.15, -0.1) is 24.8 Å². The molecule has 2 fully saturated rings. The maximum Gasteiger partial charge on any atom is 0.241 e. The number of piperidine rings is 2. The number of carbonyl (C=O) groups excluding carboxylic acids is 1. The van der Waals surface area contributed by atoms with Gasteiger partial charge in [-0.3, -0.25) is 9.69 Å². The van der Waals surface area contributed by atoms with E-state index in [0.29, 0.717) is 49.7 Å². The summed E-state index contributed by atoms with van der Waals surface area (Å²) in [4.78, 5) is 21.1. The summed E-state index contributed by atoms with van der Waals surface area (Å²) in [6, 6.07) is 10.2. The molecule has 2 aromatic rings. The third kappa shape index (κ3) is 4.84. The molecule has 0 unspecified atom stereocenters. The second-order valence-electron chi connectivity index (χ2n) is 7.14. The predicted octanol–water partition coefficient (Wildman–Crippen LogP) is 2.35. The number of nitrogens with zero attached hydrogens (tertiary/aromatic N) is 4. The van der Waals surface area contributed by atoms with Crippen molar-refractivity contribution in [1.29, 1.82) is 0 Å². The van der Waals surface area contributed by atoms with Crippen LogP contribution < -0.4 is 5.73 Å². The van der Waals surface area contributed by atoms with Crippen LogP contribution in [0.5, 0.6) is 0 Å². The summed E-state index contributed by atoms with van der Waals surface area (Å²) >= 11 is 0. The van der Waals surface area contributed by atoms with Gasteiger partial charge in [-0.2, -0.15) is 4.98 Å². The number of halogens is 2. The van der Waals surface area contributed by atoms with Gasteiger partial charge in [-0.25, -0.2) is 0 Å². The Balaban J connectivity index is 0.00000140. The fourth-order valence-corrected chi connectivity index (χ4v) is 4.21. The molecule has 1 aromatic carbocycles. The van der Waals surface area contributed by atoms with Gasteiger partial charge in [0.15, 0.2) is 0 Å². The first-order valence-corrected chi connectivity index (χ1v) is 9.34. The van der Waals surface area contributed by atoms with Crippen molar-refractivity contribution in [2.75, 3.05) is 26.2 Å². The second-order valence-corrected chi connectivity index (χ2v) is 7.14. The van der Waals surface area contributed by atoms with Crippen LogP contribution in [0.4, 0.5) is 0 Å². The van der Waals surface area contributed by atoms with Crippen molar-refractivity contribution in [2.45, 2.75) is 31.8 Å². The first kappa shape index (κ1) is 22.6. The zero-order valence-corrected chi connectivity index (χ0v) is 17.3. The van der Waals surface area contributed by atoms with Crippen molar-refractivity contribution in [3.63, 3.8) is 0 Å². The minimum absolute atomic E-state index is 0. The molecule has 0 bridgehead atoms. The highest BCUT2D eigenvalue weighted by Crippen LogP contribution is 2.31. The Hall–Kier alpha value is -1.67. The van der Waals surface area contributed by atoms with Gasteiger partial charge in [0.1, 0.15) is 0 Å². The molecule has 1 aromatic heterocycles. The lowest BCUT2D eigenvalue weighted by atomic mass is 9.83. The fraction of sp³-hybridized carbons (Fsp3) is 0.526. The topological polar surface area (TPSA) is 88.5 Å². The molecule has 4 rings (SSSR count). The number of carbonyl (C=O) groups is 1. The number of rotatable bonds is 5. The van der Waals surface area contributed by atoms with Crippen molar-refractivity contribution in [3.05, 3.63) is 36.2 Å². The van der Waals surface area contributed by atoms with Gasteiger partial charge >= 0.3 is 0 Å². The normalized spacial score (nSPS) is 22.2. The summed E-state index contributed by atoms with van der Waals surface area (Å²) in [5, 5.41) is 4.10. The molecule has 154 valence electrons. The Morgan fingerprint density at radius 2 is 1.96 bits per heavy atom. The Morgan fingerprint density at radius 3 is 2.71 bits per heavy atom. The average molecular weight is 428 g/mol. The lowest BCUT2D eigenvalue weighted by Gasteiger charge is -2.46. The van der Waals surface area contributed by atoms with Gasteiger partial charge in [0.25, 0.3) is 0 Å². The van der Waals surface area contributed by atoms with Crippen LogP contribution in [0.2, 0.25) is 0 Å². The Kier molecular flexibility index (Phi) is 8.24. The highest BCUT2D eigenvalue weighted by Gasteiger charge is 2.39. The highest BCUT2D eigenvalue weighted by molar-refractivity contribution is 5.85. The standard InChI is InChI=1S/C19H25N5O2.2ClH/c20-9-11-24-16-8-10-23(12-15(16)6-7-18(24)25)13-17-21-19(22-26-17)14-4-2-1-3-5-14;;/h1-5,15-16H,6-13,20H2;2*1H/t15-,16+;;/m0../s1. The second kappa shape index (κ2) is 10.2. The average Bonchev–Trinajstić information content (AvgIpc) is 3.13. The van der Waals surface area contributed by atoms with Gasteiger partial charge in [-0.1, -0.05) is 35.5 Å². The number of hydrogen-bond donors (Lipinski definition) is 1. The van der Waals surface area contributed by atoms with E-state index in [9.17, 15) is 4.79 Å². The summed E-state index contributed by atoms with van der Waals surface area (Å²) < 4.78 is 5.45. The first-order valence-electron chi connectivity index (χ1n) is 9.34. The SMILES string of the molecule is Cl.Cl.NCCN1C(=O)CC[C@H]2CN(Cc3nc(-c4ccccc4)no3)CC[C@H]21. The lowest BCUT2D eigenvalue weighted by Crippen LogP contribution is -2.56. The van der Waals surface area contributed by atoms with Crippen LogP contribution in [-0.2, 0) is 11.3 Å². The summed E-state index contributed by atoms with van der Waals surface area (Å²) in [5.74, 6) is 2.04. The molecule has 2 aliphatic heterocycles. The smallest absolute Gasteiger partial charge is 0.241 e. The van der Waals surface area contributed by atoms with Crippen LogP contribution in [-0.4, -0.2) is 58.1 Å². The van der Waals surface area contributed by atoms with E-state index < -0.39 is 0 Å². The van der Waals surface area contributed by atoms with Crippen LogP contribution in [0, 0.1) is 5.92 Å². The van der Waals surface area contributed by atoms with E-state index in [0.717, 1.165) is 31.5 Å². The minimum Gasteiger partial charge on any atom is -0.338 e. The third-order valence-corrected chi connectivity index (χ3v) is 5.46. The summed E-state index contributed by atoms with van der Waals surface area (Å²) in [5.41, 5.74) is 6.65. The molecular weight excluding hydrogens is 401 g/mol. The molecular formula is C19H27Cl2N5O2. The van der Waals surface area contributed by atoms with Gasteiger partial charge < -0.3 is 15.2 Å². The largest absolute Gasteiger partial charge is 0.338 e. The molecule has 2 saturated heterocycles. The number of fused-ring (bicyclic) bond motifs is 1. The number of hydrogen-bond acceptors (Lipinski definition) is 6. The van der Waals surface area contributed by atoms with Crippen molar-refractivity contribution >= 4 is 30.7 Å². The van der Waals surface area contributed by atoms with Gasteiger partial charge in [-0.05, 0) is 18.8 Å². The number of likely N-dealkylation sites (tertiary alicyclic amines) is 2. The highest BCUT2D eigenvalue weighted by atomic mass is 35.5. The molecule has 0 spiro atoms. The molecule has 7 nitrogen and oxygen atoms in total. The van der Waals surface area contributed by atoms with Crippen molar-refractivity contribution in [2.24, 2.45) is 11.7 Å². The molecule has 0 saturated carbocycles. The van der Waals surface area contributed by atoms with Crippen molar-refractivity contribution in [3.8, 4) is 11.4 Å². The molecule has 1 amide bonds. The Labute approximate surface area is 177 Å². The third-order valence-electron chi connectivity index (χ3n) is 5.46. The molecule has 28 heavy (non-hydrogen) atoms. The van der Waals surface area contributed by atoms with E-state index in [-0.39, 0.29) is 30.7 Å². The quantitative estimate of drug-likeness (QED) is 0.787. The Morgan fingerprint density at radius 1 is 1.18 bits per heavy atom. The monoisotopic (exact) mass is 427 g/mol. The van der Waals surface area contributed by atoms with Crippen LogP contribution >= 0.6 is 24.8 Å². The molecule has 2 N–H and O–H groups in total. The maximum absolute atomic E-state index is 12.2. The van der Waals surface area contributed by atoms with Crippen molar-refractivity contribution in [1.82, 2.24) is 19.9 Å². The minimum atomic E-state index is 0. The van der Waals surface area contributed by atoms with Gasteiger partial charge in [0.2, 0.25) is 17.6 Å². The van der Waals surface area contributed by atoms with Crippen LogP contribution in [0.25, 0.3) is 11.4 Å². The molecule has 9 heteroatoms. The van der Waals surface area contributed by atoms with E-state index in [1.54, 1.807) is 0 Å². The fourth-order valence-electron chi connectivity index (χ4n) is 4.21. The van der Waals surface area contributed by atoms with Crippen LogP contribution in [0.1, 0.15) is 25.2 Å². The summed E-state index contributed by atoms with van der Waals surface area (Å²) in [7, 11) is 0. The molecule has 3 heterocycles. The van der Waals surface area contributed by atoms with Gasteiger partial charge in [0.05, 0.1) is 6.54 Å². The maximum atomic E-state index is 12.2. The van der Waals surface area contributed by atoms with Gasteiger partial charge in [0, 0.05) is 44.2 Å². The molecule has 2 aliphatic rings. The van der Waals surface area contributed by atoms with E-state index in [4.69, 9.17) is 10.3 Å². The predicted molar refractivity (Wildman–Crippen MR) is 111 cm³/mol. The zero-order valence-electron chi connectivity index (χ0n) is 15.7. The zero-order chi connectivity index (χ0) is 17.9. The number of nitrogens with two attached hydrogens (primary N) is 1. The number of aromatic nitrogens is 2. The summed E-state index contributed by atoms with van der Waals surface area (Å²) in [6.45, 7) is 3.75. The number of amides is 1. The summed E-state index contributed by atoms with van der Waals surface area (Å²) in [6.07, 6.45) is 2.57. The molecule has 0 radical (unpaired) electrons. The Bertz CT molecular complexity index is 758. The molecule has 2 atom stereocenters. The van der Waals surface area contributed by atoms with E-state index in [2.05, 4.69) is 15.0 Å². The van der Waals surface area contributed by atoms with Crippen LogP contribution in [0.15, 0.2) is 34.9 Å². The lowest BCUT2D eigenvalue weighted by molar-refractivity contribution is -0.141. The van der Waals surface area contributed by atoms with Crippen molar-refractivity contribution < 1.29 is 9.32 Å². The molecule has 0 aliphatic carbocycles. The van der Waals surface area contributed by atoms with E-state index in [1.165, 1.54) is 0 Å². The van der Waals surface area contributed by atoms with Crippen LogP contribution in [0.3, 0.4) is 0 Å². The first-order chi connectivity index (χ1) is 12.7. The number of benzene rings is 1. The van der Waals surface area contributed by atoms with E-state index >= 15 is 0 Å². The van der Waals surface area contributed by atoms with E-state index in [1.807, 2.05) is 35.2 Å².